The minimum absolute atomic E-state index is 0.0624. The average molecular weight is 450 g/mol. The van der Waals surface area contributed by atoms with E-state index in [1.54, 1.807) is 6.92 Å². The number of amides is 1. The van der Waals surface area contributed by atoms with E-state index in [4.69, 9.17) is 10.3 Å². The van der Waals surface area contributed by atoms with Crippen LogP contribution in [0.1, 0.15) is 53.9 Å². The molecule has 0 atom stereocenters. The number of hydrogen-bond donors (Lipinski definition) is 2. The molecule has 9 heteroatoms. The maximum absolute atomic E-state index is 13.4. The van der Waals surface area contributed by atoms with Crippen LogP contribution in [0.25, 0.3) is 0 Å². The number of rotatable bonds is 7. The van der Waals surface area contributed by atoms with Crippen LogP contribution in [0.4, 0.5) is 11.5 Å². The summed E-state index contributed by atoms with van der Waals surface area (Å²) in [5, 5.41) is 3.82. The number of allylic oxidation sites excluding steroid dienone is 1. The maximum Gasteiger partial charge on any atom is 0.330 e. The highest BCUT2D eigenvalue weighted by molar-refractivity contribution is 6.06. The summed E-state index contributed by atoms with van der Waals surface area (Å²) in [7, 11) is 0. The Labute approximate surface area is 190 Å². The van der Waals surface area contributed by atoms with Gasteiger partial charge in [-0.05, 0) is 44.6 Å². The molecule has 3 N–H and O–H groups in total. The van der Waals surface area contributed by atoms with Crippen molar-refractivity contribution >= 4 is 17.4 Å². The van der Waals surface area contributed by atoms with E-state index in [9.17, 15) is 14.4 Å². The number of nitrogens with two attached hydrogens (primary N) is 1. The SMILES string of the molecule is Cc1cc(C(=O)N(CCC2=CCCCC2)c2c(N)n(Cc3ccccc3)c(=O)[nH]c2=O)no1. The minimum Gasteiger partial charge on any atom is -0.383 e. The van der Waals surface area contributed by atoms with Gasteiger partial charge in [-0.1, -0.05) is 47.1 Å². The molecule has 2 aromatic heterocycles. The lowest BCUT2D eigenvalue weighted by Gasteiger charge is -2.25. The summed E-state index contributed by atoms with van der Waals surface area (Å²) in [6.45, 7) is 2.07. The van der Waals surface area contributed by atoms with Crippen molar-refractivity contribution < 1.29 is 9.32 Å². The van der Waals surface area contributed by atoms with Gasteiger partial charge in [-0.2, -0.15) is 0 Å². The van der Waals surface area contributed by atoms with Crippen molar-refractivity contribution in [3.8, 4) is 0 Å². The highest BCUT2D eigenvalue weighted by Crippen LogP contribution is 2.24. The lowest BCUT2D eigenvalue weighted by molar-refractivity contribution is 0.0978. The zero-order chi connectivity index (χ0) is 23.4. The van der Waals surface area contributed by atoms with Crippen molar-refractivity contribution in [2.45, 2.75) is 45.6 Å². The standard InChI is InChI=1S/C24H27N5O4/c1-16-14-19(27-33-16)23(31)28(13-12-17-8-4-2-5-9-17)20-21(25)29(24(32)26-22(20)30)15-18-10-6-3-7-11-18/h3,6-8,10-11,14H,2,4-5,9,12-13,15,25H2,1H3,(H,26,30,32). The minimum atomic E-state index is -0.715. The predicted octanol–water partition coefficient (Wildman–Crippen LogP) is 3.00. The summed E-state index contributed by atoms with van der Waals surface area (Å²) in [5.41, 5.74) is 7.09. The van der Waals surface area contributed by atoms with Crippen LogP contribution in [-0.2, 0) is 6.54 Å². The molecule has 0 fully saturated rings. The quantitative estimate of drug-likeness (QED) is 0.534. The van der Waals surface area contributed by atoms with Gasteiger partial charge in [0.2, 0.25) is 0 Å². The summed E-state index contributed by atoms with van der Waals surface area (Å²) >= 11 is 0. The third-order valence-electron chi connectivity index (χ3n) is 5.80. The molecule has 3 aromatic rings. The zero-order valence-electron chi connectivity index (χ0n) is 18.5. The smallest absolute Gasteiger partial charge is 0.330 e. The van der Waals surface area contributed by atoms with Crippen LogP contribution in [0.3, 0.4) is 0 Å². The Balaban J connectivity index is 1.75. The second kappa shape index (κ2) is 9.72. The van der Waals surface area contributed by atoms with Gasteiger partial charge < -0.3 is 10.3 Å². The lowest BCUT2D eigenvalue weighted by Crippen LogP contribution is -2.42. The van der Waals surface area contributed by atoms with E-state index >= 15 is 0 Å². The fraction of sp³-hybridized carbons (Fsp3) is 0.333. The molecular formula is C24H27N5O4. The predicted molar refractivity (Wildman–Crippen MR) is 125 cm³/mol. The van der Waals surface area contributed by atoms with Crippen molar-refractivity contribution in [1.29, 1.82) is 0 Å². The second-order valence-corrected chi connectivity index (χ2v) is 8.20. The van der Waals surface area contributed by atoms with Crippen molar-refractivity contribution in [1.82, 2.24) is 14.7 Å². The van der Waals surface area contributed by atoms with Gasteiger partial charge >= 0.3 is 5.69 Å². The number of nitrogen functional groups attached to an aromatic ring is 1. The van der Waals surface area contributed by atoms with Crippen molar-refractivity contribution in [3.63, 3.8) is 0 Å². The van der Waals surface area contributed by atoms with E-state index in [-0.39, 0.29) is 30.3 Å². The molecule has 0 saturated carbocycles. The number of hydrogen-bond acceptors (Lipinski definition) is 6. The third-order valence-corrected chi connectivity index (χ3v) is 5.80. The summed E-state index contributed by atoms with van der Waals surface area (Å²) in [4.78, 5) is 42.5. The molecule has 1 aliphatic carbocycles. The molecule has 1 aromatic carbocycles. The van der Waals surface area contributed by atoms with Gasteiger partial charge in [0, 0.05) is 12.6 Å². The molecule has 9 nitrogen and oxygen atoms in total. The van der Waals surface area contributed by atoms with Crippen molar-refractivity contribution in [3.05, 3.63) is 85.9 Å². The molecule has 172 valence electrons. The Morgan fingerprint density at radius 3 is 2.70 bits per heavy atom. The Kier molecular flexibility index (Phi) is 6.58. The highest BCUT2D eigenvalue weighted by atomic mass is 16.5. The molecule has 0 saturated heterocycles. The van der Waals surface area contributed by atoms with E-state index in [1.165, 1.54) is 21.1 Å². The van der Waals surface area contributed by atoms with Gasteiger partial charge in [0.15, 0.2) is 11.4 Å². The fourth-order valence-electron chi connectivity index (χ4n) is 4.07. The topological polar surface area (TPSA) is 127 Å². The summed E-state index contributed by atoms with van der Waals surface area (Å²) in [5.74, 6) is -0.103. The van der Waals surface area contributed by atoms with Gasteiger partial charge in [-0.25, -0.2) is 4.79 Å². The Bertz CT molecular complexity index is 1290. The number of nitrogens with zero attached hydrogens (tertiary/aromatic N) is 3. The first-order valence-corrected chi connectivity index (χ1v) is 11.0. The largest absolute Gasteiger partial charge is 0.383 e. The molecule has 4 rings (SSSR count). The van der Waals surface area contributed by atoms with Crippen LogP contribution < -0.4 is 21.9 Å². The molecule has 1 aliphatic rings. The molecule has 0 spiro atoms. The molecule has 2 heterocycles. The van der Waals surface area contributed by atoms with E-state index in [2.05, 4.69) is 16.2 Å². The number of carbonyl (C=O) groups is 1. The Morgan fingerprint density at radius 1 is 1.24 bits per heavy atom. The molecule has 0 bridgehead atoms. The van der Waals surface area contributed by atoms with Gasteiger partial charge in [0.25, 0.3) is 11.5 Å². The van der Waals surface area contributed by atoms with Crippen molar-refractivity contribution in [2.24, 2.45) is 0 Å². The second-order valence-electron chi connectivity index (χ2n) is 8.20. The Morgan fingerprint density at radius 2 is 2.03 bits per heavy atom. The summed E-state index contributed by atoms with van der Waals surface area (Å²) < 4.78 is 6.33. The van der Waals surface area contributed by atoms with Crippen LogP contribution in [-0.4, -0.2) is 27.2 Å². The normalized spacial score (nSPS) is 13.5. The van der Waals surface area contributed by atoms with Crippen LogP contribution in [0, 0.1) is 6.92 Å². The van der Waals surface area contributed by atoms with E-state index in [1.807, 2.05) is 30.3 Å². The fourth-order valence-corrected chi connectivity index (χ4v) is 4.07. The monoisotopic (exact) mass is 449 g/mol. The number of benzene rings is 1. The average Bonchev–Trinajstić information content (AvgIpc) is 3.26. The van der Waals surface area contributed by atoms with Gasteiger partial charge in [0.05, 0.1) is 6.54 Å². The summed E-state index contributed by atoms with van der Waals surface area (Å²) in [6.07, 6.45) is 7.02. The number of aromatic nitrogens is 3. The zero-order valence-corrected chi connectivity index (χ0v) is 18.5. The molecule has 33 heavy (non-hydrogen) atoms. The number of aryl methyl sites for hydroxylation is 1. The van der Waals surface area contributed by atoms with Crippen LogP contribution >= 0.6 is 0 Å². The first-order valence-electron chi connectivity index (χ1n) is 11.0. The number of H-pyrrole nitrogens is 1. The highest BCUT2D eigenvalue weighted by Gasteiger charge is 2.27. The van der Waals surface area contributed by atoms with Gasteiger partial charge in [-0.3, -0.25) is 24.0 Å². The first-order chi connectivity index (χ1) is 15.9. The van der Waals surface area contributed by atoms with Gasteiger partial charge in [0.1, 0.15) is 11.6 Å². The van der Waals surface area contributed by atoms with Crippen LogP contribution in [0.15, 0.2) is 62.2 Å². The van der Waals surface area contributed by atoms with Gasteiger partial charge in [-0.15, -0.1) is 0 Å². The number of anilines is 2. The van der Waals surface area contributed by atoms with E-state index in [0.717, 1.165) is 31.2 Å². The number of aromatic amines is 1. The van der Waals surface area contributed by atoms with E-state index in [0.29, 0.717) is 12.2 Å². The van der Waals surface area contributed by atoms with Crippen molar-refractivity contribution in [2.75, 3.05) is 17.2 Å². The molecule has 1 amide bonds. The molecule has 0 aliphatic heterocycles. The molecule has 0 unspecified atom stereocenters. The number of nitrogens with one attached hydrogen (secondary N) is 1. The van der Waals surface area contributed by atoms with Crippen LogP contribution in [0.5, 0.6) is 0 Å². The maximum atomic E-state index is 13.4. The number of carbonyl (C=O) groups excluding carboxylic acids is 1. The summed E-state index contributed by atoms with van der Waals surface area (Å²) in [6, 6.07) is 10.8. The first kappa shape index (κ1) is 22.3. The molecular weight excluding hydrogens is 422 g/mol. The van der Waals surface area contributed by atoms with E-state index < -0.39 is 17.2 Å². The van der Waals surface area contributed by atoms with Crippen LogP contribution in [0.2, 0.25) is 0 Å². The lowest BCUT2D eigenvalue weighted by atomic mass is 9.97. The molecule has 0 radical (unpaired) electrons. The Hall–Kier alpha value is -3.88. The third kappa shape index (κ3) is 4.97.